The van der Waals surface area contributed by atoms with Crippen molar-refractivity contribution in [1.29, 1.82) is 0 Å². The van der Waals surface area contributed by atoms with Crippen LogP contribution in [0.3, 0.4) is 0 Å². The standard InChI is InChI=1S/C14H16N2O3/c1-9-10(14(17)18)6-7-16(9)8-13-15-11-4-2-3-5-12(11)19-13/h2-5,9-10H,6-8H2,1H3,(H,17,18). The highest BCUT2D eigenvalue weighted by Gasteiger charge is 2.36. The van der Waals surface area contributed by atoms with E-state index in [9.17, 15) is 4.79 Å². The number of oxazole rings is 1. The Labute approximate surface area is 110 Å². The number of nitrogens with zero attached hydrogens (tertiary/aromatic N) is 2. The molecule has 1 aromatic heterocycles. The maximum atomic E-state index is 11.1. The number of aliphatic carboxylic acids is 1. The molecule has 3 rings (SSSR count). The Morgan fingerprint density at radius 2 is 2.32 bits per heavy atom. The first-order valence-corrected chi connectivity index (χ1v) is 6.46. The normalized spacial score (nSPS) is 24.1. The Balaban J connectivity index is 1.76. The zero-order chi connectivity index (χ0) is 13.4. The molecule has 2 aromatic rings. The summed E-state index contributed by atoms with van der Waals surface area (Å²) in [6.45, 7) is 3.30. The van der Waals surface area contributed by atoms with Crippen LogP contribution in [-0.4, -0.2) is 33.5 Å². The molecule has 1 aliphatic heterocycles. The number of carboxylic acids is 1. The van der Waals surface area contributed by atoms with Gasteiger partial charge in [-0.2, -0.15) is 0 Å². The van der Waals surface area contributed by atoms with Gasteiger partial charge in [0.15, 0.2) is 5.58 Å². The highest BCUT2D eigenvalue weighted by Crippen LogP contribution is 2.26. The van der Waals surface area contributed by atoms with Crippen molar-refractivity contribution in [3.8, 4) is 0 Å². The molecule has 0 bridgehead atoms. The molecule has 0 radical (unpaired) electrons. The smallest absolute Gasteiger partial charge is 0.308 e. The van der Waals surface area contributed by atoms with Crippen LogP contribution in [0.2, 0.25) is 0 Å². The molecule has 0 aliphatic carbocycles. The molecule has 0 spiro atoms. The summed E-state index contributed by atoms with van der Waals surface area (Å²) in [5, 5.41) is 9.12. The van der Waals surface area contributed by atoms with Gasteiger partial charge >= 0.3 is 5.97 Å². The van der Waals surface area contributed by atoms with E-state index in [1.54, 1.807) is 0 Å². The van der Waals surface area contributed by atoms with Gasteiger partial charge < -0.3 is 9.52 Å². The minimum Gasteiger partial charge on any atom is -0.481 e. The van der Waals surface area contributed by atoms with Crippen molar-refractivity contribution >= 4 is 17.1 Å². The van der Waals surface area contributed by atoms with Crippen molar-refractivity contribution in [2.45, 2.75) is 25.9 Å². The van der Waals surface area contributed by atoms with Crippen LogP contribution < -0.4 is 0 Å². The summed E-state index contributed by atoms with van der Waals surface area (Å²) in [6, 6.07) is 7.66. The molecule has 1 N–H and O–H groups in total. The maximum Gasteiger partial charge on any atom is 0.308 e. The van der Waals surface area contributed by atoms with Crippen LogP contribution in [0, 0.1) is 5.92 Å². The van der Waals surface area contributed by atoms with Gasteiger partial charge in [0.25, 0.3) is 0 Å². The molecule has 100 valence electrons. The summed E-state index contributed by atoms with van der Waals surface area (Å²) >= 11 is 0. The molecule has 2 heterocycles. The lowest BCUT2D eigenvalue weighted by atomic mass is 10.0. The maximum absolute atomic E-state index is 11.1. The largest absolute Gasteiger partial charge is 0.481 e. The Bertz CT molecular complexity index is 575. The van der Waals surface area contributed by atoms with E-state index in [-0.39, 0.29) is 12.0 Å². The summed E-state index contributed by atoms with van der Waals surface area (Å²) in [7, 11) is 0. The quantitative estimate of drug-likeness (QED) is 0.915. The molecular weight excluding hydrogens is 244 g/mol. The van der Waals surface area contributed by atoms with Gasteiger partial charge in [0.2, 0.25) is 5.89 Å². The SMILES string of the molecule is CC1C(C(=O)O)CCN1Cc1nc2ccccc2o1. The third kappa shape index (κ3) is 2.21. The zero-order valence-electron chi connectivity index (χ0n) is 10.7. The summed E-state index contributed by atoms with van der Waals surface area (Å²) in [5.74, 6) is -0.351. The first-order valence-electron chi connectivity index (χ1n) is 6.46. The molecule has 1 aromatic carbocycles. The van der Waals surface area contributed by atoms with Crippen LogP contribution in [0.5, 0.6) is 0 Å². The Kier molecular flexibility index (Phi) is 2.98. The molecule has 1 saturated heterocycles. The monoisotopic (exact) mass is 260 g/mol. The van der Waals surface area contributed by atoms with Crippen LogP contribution >= 0.6 is 0 Å². The van der Waals surface area contributed by atoms with E-state index in [4.69, 9.17) is 9.52 Å². The van der Waals surface area contributed by atoms with Crippen molar-refractivity contribution in [2.75, 3.05) is 6.54 Å². The van der Waals surface area contributed by atoms with E-state index < -0.39 is 5.97 Å². The van der Waals surface area contributed by atoms with Crippen LogP contribution in [0.4, 0.5) is 0 Å². The van der Waals surface area contributed by atoms with Crippen molar-refractivity contribution in [3.05, 3.63) is 30.2 Å². The molecule has 5 nitrogen and oxygen atoms in total. The molecule has 5 heteroatoms. The topological polar surface area (TPSA) is 66.6 Å². The van der Waals surface area contributed by atoms with E-state index in [0.717, 1.165) is 17.6 Å². The fourth-order valence-electron chi connectivity index (χ4n) is 2.72. The average molecular weight is 260 g/mol. The third-order valence-electron chi connectivity index (χ3n) is 3.88. The number of rotatable bonds is 3. The molecule has 0 amide bonds. The van der Waals surface area contributed by atoms with Crippen LogP contribution in [0.1, 0.15) is 19.2 Å². The lowest BCUT2D eigenvalue weighted by molar-refractivity contribution is -0.142. The highest BCUT2D eigenvalue weighted by molar-refractivity contribution is 5.72. The Morgan fingerprint density at radius 3 is 3.00 bits per heavy atom. The predicted octanol–water partition coefficient (Wildman–Crippen LogP) is 2.12. The first-order chi connectivity index (χ1) is 9.15. The first kappa shape index (κ1) is 12.2. The molecular formula is C14H16N2O3. The van der Waals surface area contributed by atoms with E-state index in [1.807, 2.05) is 31.2 Å². The second-order valence-electron chi connectivity index (χ2n) is 5.02. The second kappa shape index (κ2) is 4.66. The van der Waals surface area contributed by atoms with Crippen molar-refractivity contribution in [2.24, 2.45) is 5.92 Å². The van der Waals surface area contributed by atoms with Gasteiger partial charge in [-0.25, -0.2) is 4.98 Å². The van der Waals surface area contributed by atoms with Crippen LogP contribution in [0.25, 0.3) is 11.1 Å². The molecule has 19 heavy (non-hydrogen) atoms. The number of hydrogen-bond acceptors (Lipinski definition) is 4. The predicted molar refractivity (Wildman–Crippen MR) is 69.6 cm³/mol. The number of fused-ring (bicyclic) bond motifs is 1. The summed E-state index contributed by atoms with van der Waals surface area (Å²) in [5.41, 5.74) is 1.62. The summed E-state index contributed by atoms with van der Waals surface area (Å²) in [6.07, 6.45) is 0.691. The van der Waals surface area contributed by atoms with Crippen molar-refractivity contribution < 1.29 is 14.3 Å². The number of aromatic nitrogens is 1. The fourth-order valence-corrected chi connectivity index (χ4v) is 2.72. The summed E-state index contributed by atoms with van der Waals surface area (Å²) in [4.78, 5) is 17.6. The molecule has 1 aliphatic rings. The number of likely N-dealkylation sites (tertiary alicyclic amines) is 1. The minimum absolute atomic E-state index is 0.0208. The molecule has 1 fully saturated rings. The number of hydrogen-bond donors (Lipinski definition) is 1. The molecule has 0 saturated carbocycles. The Morgan fingerprint density at radius 1 is 1.53 bits per heavy atom. The van der Waals surface area contributed by atoms with Gasteiger partial charge in [-0.1, -0.05) is 12.1 Å². The average Bonchev–Trinajstić information content (AvgIpc) is 2.94. The van der Waals surface area contributed by atoms with Gasteiger partial charge in [-0.05, 0) is 32.0 Å². The fraction of sp³-hybridized carbons (Fsp3) is 0.429. The highest BCUT2D eigenvalue weighted by atomic mass is 16.4. The van der Waals surface area contributed by atoms with Gasteiger partial charge in [-0.3, -0.25) is 9.69 Å². The summed E-state index contributed by atoms with van der Waals surface area (Å²) < 4.78 is 5.67. The zero-order valence-corrected chi connectivity index (χ0v) is 10.7. The third-order valence-corrected chi connectivity index (χ3v) is 3.88. The van der Waals surface area contributed by atoms with Crippen LogP contribution in [0.15, 0.2) is 28.7 Å². The van der Waals surface area contributed by atoms with Crippen molar-refractivity contribution in [1.82, 2.24) is 9.88 Å². The van der Waals surface area contributed by atoms with Gasteiger partial charge in [-0.15, -0.1) is 0 Å². The molecule has 2 atom stereocenters. The van der Waals surface area contributed by atoms with E-state index in [0.29, 0.717) is 18.9 Å². The Hall–Kier alpha value is -1.88. The lowest BCUT2D eigenvalue weighted by Crippen LogP contribution is -2.32. The van der Waals surface area contributed by atoms with E-state index in [2.05, 4.69) is 9.88 Å². The van der Waals surface area contributed by atoms with Gasteiger partial charge in [0.05, 0.1) is 12.5 Å². The van der Waals surface area contributed by atoms with E-state index in [1.165, 1.54) is 0 Å². The second-order valence-corrected chi connectivity index (χ2v) is 5.02. The van der Waals surface area contributed by atoms with Crippen LogP contribution in [-0.2, 0) is 11.3 Å². The number of para-hydroxylation sites is 2. The van der Waals surface area contributed by atoms with E-state index >= 15 is 0 Å². The minimum atomic E-state index is -0.715. The number of carbonyl (C=O) groups is 1. The lowest BCUT2D eigenvalue weighted by Gasteiger charge is -2.21. The van der Waals surface area contributed by atoms with Gasteiger partial charge in [0, 0.05) is 6.04 Å². The van der Waals surface area contributed by atoms with Gasteiger partial charge in [0.1, 0.15) is 5.52 Å². The van der Waals surface area contributed by atoms with Crippen molar-refractivity contribution in [3.63, 3.8) is 0 Å². The number of carboxylic acid groups (broad SMARTS) is 1. The molecule has 2 unspecified atom stereocenters. The number of benzene rings is 1.